The average Bonchev–Trinajstić information content (AvgIpc) is 2.41. The molecule has 0 radical (unpaired) electrons. The Morgan fingerprint density at radius 3 is 2.40 bits per heavy atom. The van der Waals surface area contributed by atoms with Crippen molar-refractivity contribution in [2.24, 2.45) is 5.92 Å². The van der Waals surface area contributed by atoms with Gasteiger partial charge in [-0.3, -0.25) is 19.6 Å². The quantitative estimate of drug-likeness (QED) is 0.361. The van der Waals surface area contributed by atoms with Gasteiger partial charge in [0.25, 0.3) is 0 Å². The molecule has 2 atom stereocenters. The van der Waals surface area contributed by atoms with Crippen LogP contribution in [0.15, 0.2) is 0 Å². The van der Waals surface area contributed by atoms with E-state index in [1.165, 1.54) is 4.90 Å². The smallest absolute Gasteiger partial charge is 0.244 e. The van der Waals surface area contributed by atoms with Gasteiger partial charge in [0.05, 0.1) is 12.5 Å². The number of carbonyl (C=O) groups excluding carboxylic acids is 3. The van der Waals surface area contributed by atoms with Crippen molar-refractivity contribution in [3.8, 4) is 0 Å². The topological polar surface area (TPSA) is 90.0 Å². The molecule has 0 rings (SSSR count). The normalized spacial score (nSPS) is 13.2. The number of hydrogen-bond acceptors (Lipinski definition) is 4. The van der Waals surface area contributed by atoms with Crippen molar-refractivity contribution in [1.82, 2.24) is 15.3 Å². The lowest BCUT2D eigenvalue weighted by atomic mass is 10.0. The first-order valence-corrected chi connectivity index (χ1v) is 6.75. The van der Waals surface area contributed by atoms with Crippen LogP contribution in [-0.2, 0) is 14.4 Å². The molecule has 0 aliphatic rings. The number of unbranched alkanes of at least 4 members (excludes halogenated alkanes) is 1. The van der Waals surface area contributed by atoms with Gasteiger partial charge in [0.1, 0.15) is 6.04 Å². The van der Waals surface area contributed by atoms with Gasteiger partial charge >= 0.3 is 0 Å². The van der Waals surface area contributed by atoms with Crippen LogP contribution in [0.1, 0.15) is 33.1 Å². The zero-order chi connectivity index (χ0) is 15.7. The van der Waals surface area contributed by atoms with E-state index in [1.807, 2.05) is 6.92 Å². The highest BCUT2D eigenvalue weighted by Crippen LogP contribution is 2.10. The third-order valence-electron chi connectivity index (χ3n) is 2.98. The summed E-state index contributed by atoms with van der Waals surface area (Å²) in [6, 6.07) is -0.634. The molecule has 0 aromatic carbocycles. The van der Waals surface area contributed by atoms with Crippen LogP contribution < -0.4 is 5.32 Å². The summed E-state index contributed by atoms with van der Waals surface area (Å²) in [5.41, 5.74) is 0. The summed E-state index contributed by atoms with van der Waals surface area (Å²) in [4.78, 5) is 35.6. The molecule has 0 fully saturated rings. The molecule has 7 nitrogen and oxygen atoms in total. The minimum absolute atomic E-state index is 0.0712. The third kappa shape index (κ3) is 6.51. The van der Waals surface area contributed by atoms with Crippen LogP contribution in [0, 0.1) is 5.92 Å². The van der Waals surface area contributed by atoms with Gasteiger partial charge in [-0.15, -0.1) is 0 Å². The van der Waals surface area contributed by atoms with Gasteiger partial charge in [-0.05, 0) is 13.3 Å². The number of hydrogen-bond donors (Lipinski definition) is 2. The van der Waals surface area contributed by atoms with Gasteiger partial charge in [0.2, 0.25) is 18.2 Å². The molecule has 0 saturated carbocycles. The lowest BCUT2D eigenvalue weighted by Crippen LogP contribution is -2.47. The third-order valence-corrected chi connectivity index (χ3v) is 2.98. The van der Waals surface area contributed by atoms with Crippen LogP contribution in [0.3, 0.4) is 0 Å². The Morgan fingerprint density at radius 1 is 1.35 bits per heavy atom. The van der Waals surface area contributed by atoms with Crippen molar-refractivity contribution >= 4 is 18.2 Å². The molecule has 0 aliphatic carbocycles. The van der Waals surface area contributed by atoms with Crippen LogP contribution in [0.5, 0.6) is 0 Å². The summed E-state index contributed by atoms with van der Waals surface area (Å²) in [7, 11) is 3.23. The van der Waals surface area contributed by atoms with E-state index in [4.69, 9.17) is 0 Å². The summed E-state index contributed by atoms with van der Waals surface area (Å²) in [5.74, 6) is -1.06. The molecule has 0 aromatic heterocycles. The predicted octanol–water partition coefficient (Wildman–Crippen LogP) is 0.233. The van der Waals surface area contributed by atoms with Crippen molar-refractivity contribution in [3.63, 3.8) is 0 Å². The number of hydroxylamine groups is 2. The molecule has 3 amide bonds. The van der Waals surface area contributed by atoms with Crippen LogP contribution >= 0.6 is 0 Å². The standard InChI is InChI=1S/C13H25N3O4/c1-5-6-7-11(8-16(20)9-17)12(18)14-10(2)13(19)15(3)4/h9-11,20H,5-8H2,1-4H3,(H,14,18)/t10-,11?/m0/s1. The fourth-order valence-corrected chi connectivity index (χ4v) is 1.80. The first-order chi connectivity index (χ1) is 9.33. The van der Waals surface area contributed by atoms with Crippen LogP contribution in [0.25, 0.3) is 0 Å². The number of rotatable bonds is 9. The second-order valence-corrected chi connectivity index (χ2v) is 5.03. The monoisotopic (exact) mass is 287 g/mol. The van der Waals surface area contributed by atoms with Crippen molar-refractivity contribution in [2.75, 3.05) is 20.6 Å². The summed E-state index contributed by atoms with van der Waals surface area (Å²) in [6.45, 7) is 3.52. The highest BCUT2D eigenvalue weighted by Gasteiger charge is 2.24. The minimum Gasteiger partial charge on any atom is -0.347 e. The lowest BCUT2D eigenvalue weighted by molar-refractivity contribution is -0.155. The van der Waals surface area contributed by atoms with Crippen LogP contribution in [-0.4, -0.2) is 60.1 Å². The van der Waals surface area contributed by atoms with E-state index in [9.17, 15) is 19.6 Å². The van der Waals surface area contributed by atoms with Gasteiger partial charge < -0.3 is 10.2 Å². The highest BCUT2D eigenvalue weighted by atomic mass is 16.5. The van der Waals surface area contributed by atoms with Crippen molar-refractivity contribution < 1.29 is 19.6 Å². The van der Waals surface area contributed by atoms with Gasteiger partial charge in [-0.25, -0.2) is 5.06 Å². The van der Waals surface area contributed by atoms with E-state index in [1.54, 1.807) is 21.0 Å². The molecule has 20 heavy (non-hydrogen) atoms. The van der Waals surface area contributed by atoms with E-state index < -0.39 is 12.0 Å². The maximum Gasteiger partial charge on any atom is 0.244 e. The molecular formula is C13H25N3O4. The largest absolute Gasteiger partial charge is 0.347 e. The van der Waals surface area contributed by atoms with E-state index in [2.05, 4.69) is 5.32 Å². The first kappa shape index (κ1) is 18.4. The first-order valence-electron chi connectivity index (χ1n) is 6.75. The second kappa shape index (κ2) is 9.30. The van der Waals surface area contributed by atoms with E-state index in [-0.39, 0.29) is 24.8 Å². The zero-order valence-corrected chi connectivity index (χ0v) is 12.6. The van der Waals surface area contributed by atoms with Gasteiger partial charge in [0.15, 0.2) is 0 Å². The summed E-state index contributed by atoms with van der Waals surface area (Å²) >= 11 is 0. The molecule has 2 N–H and O–H groups in total. The molecule has 0 aromatic rings. The molecule has 7 heteroatoms. The summed E-state index contributed by atoms with van der Waals surface area (Å²) in [5, 5.41) is 12.3. The maximum absolute atomic E-state index is 12.1. The SMILES string of the molecule is CCCCC(CN(O)C=O)C(=O)N[C@@H](C)C(=O)N(C)C. The Balaban J connectivity index is 4.60. The molecule has 116 valence electrons. The molecular weight excluding hydrogens is 262 g/mol. The van der Waals surface area contributed by atoms with Gasteiger partial charge in [-0.2, -0.15) is 0 Å². The Morgan fingerprint density at radius 2 is 1.95 bits per heavy atom. The van der Waals surface area contributed by atoms with Crippen molar-refractivity contribution in [3.05, 3.63) is 0 Å². The van der Waals surface area contributed by atoms with Crippen molar-refractivity contribution in [2.45, 2.75) is 39.2 Å². The molecule has 0 bridgehead atoms. The number of nitrogens with one attached hydrogen (secondary N) is 1. The molecule has 0 spiro atoms. The highest BCUT2D eigenvalue weighted by molar-refractivity contribution is 5.88. The van der Waals surface area contributed by atoms with Crippen LogP contribution in [0.4, 0.5) is 0 Å². The van der Waals surface area contributed by atoms with Gasteiger partial charge in [-0.1, -0.05) is 19.8 Å². The molecule has 0 aliphatic heterocycles. The fraction of sp³-hybridized carbons (Fsp3) is 0.769. The second-order valence-electron chi connectivity index (χ2n) is 5.03. The Hall–Kier alpha value is -1.63. The molecule has 0 heterocycles. The molecule has 1 unspecified atom stereocenters. The summed E-state index contributed by atoms with van der Waals surface area (Å²) in [6.07, 6.45) is 2.53. The van der Waals surface area contributed by atoms with E-state index in [0.717, 1.165) is 12.8 Å². The number of carbonyl (C=O) groups is 3. The van der Waals surface area contributed by atoms with Crippen LogP contribution in [0.2, 0.25) is 0 Å². The Kier molecular flexibility index (Phi) is 8.54. The van der Waals surface area contributed by atoms with E-state index >= 15 is 0 Å². The number of likely N-dealkylation sites (N-methyl/N-ethyl adjacent to an activating group) is 1. The average molecular weight is 287 g/mol. The summed E-state index contributed by atoms with van der Waals surface area (Å²) < 4.78 is 0. The maximum atomic E-state index is 12.1. The Labute approximate surface area is 119 Å². The fourth-order valence-electron chi connectivity index (χ4n) is 1.80. The lowest BCUT2D eigenvalue weighted by Gasteiger charge is -2.23. The molecule has 0 saturated heterocycles. The predicted molar refractivity (Wildman–Crippen MR) is 73.9 cm³/mol. The van der Waals surface area contributed by atoms with Gasteiger partial charge in [0, 0.05) is 14.1 Å². The number of nitrogens with zero attached hydrogens (tertiary/aromatic N) is 2. The number of amides is 3. The zero-order valence-electron chi connectivity index (χ0n) is 12.6. The van der Waals surface area contributed by atoms with E-state index in [0.29, 0.717) is 11.5 Å². The Bertz CT molecular complexity index is 334. The minimum atomic E-state index is -0.634. The van der Waals surface area contributed by atoms with Crippen molar-refractivity contribution in [1.29, 1.82) is 0 Å².